The molecule has 0 aromatic heterocycles. The first-order valence-electron chi connectivity index (χ1n) is 7.91. The Morgan fingerprint density at radius 3 is 2.28 bits per heavy atom. The maximum atomic E-state index is 12.2. The van der Waals surface area contributed by atoms with Crippen LogP contribution in [0, 0.1) is 0 Å². The van der Waals surface area contributed by atoms with Crippen LogP contribution in [-0.2, 0) is 11.3 Å². The second kappa shape index (κ2) is 9.08. The summed E-state index contributed by atoms with van der Waals surface area (Å²) in [6, 6.07) is 15.3. The Kier molecular flexibility index (Phi) is 6.83. The number of carbonyl (C=O) groups excluding carboxylic acids is 2. The van der Waals surface area contributed by atoms with E-state index in [1.807, 2.05) is 48.7 Å². The van der Waals surface area contributed by atoms with Gasteiger partial charge in [-0.1, -0.05) is 24.3 Å². The number of nitrogens with zero attached hydrogens (tertiary/aromatic N) is 1. The third-order valence-electron chi connectivity index (χ3n) is 3.77. The number of nitrogens with one attached hydrogen (secondary N) is 1. The molecule has 0 saturated carbocycles. The fourth-order valence-electron chi connectivity index (χ4n) is 2.27. The third kappa shape index (κ3) is 5.50. The third-order valence-corrected chi connectivity index (χ3v) is 4.52. The molecule has 1 N–H and O–H groups in total. The summed E-state index contributed by atoms with van der Waals surface area (Å²) >= 11 is 1.69. The minimum Gasteiger partial charge on any atom is -0.355 e. The van der Waals surface area contributed by atoms with Crippen LogP contribution in [0.2, 0.25) is 0 Å². The summed E-state index contributed by atoms with van der Waals surface area (Å²) < 4.78 is 0. The summed E-state index contributed by atoms with van der Waals surface area (Å²) in [5.41, 5.74) is 2.57. The standard InChI is InChI=1S/C20H22N2O2S/c1-21-20(24)17-9-4-16(5-10-17)14-22(2)19(23)13-8-15-6-11-18(25-3)12-7-15/h4-13H,14H2,1-3H3,(H,21,24)/b13-8+. The molecule has 0 aliphatic carbocycles. The molecule has 130 valence electrons. The Morgan fingerprint density at radius 1 is 1.08 bits per heavy atom. The van der Waals surface area contributed by atoms with E-state index in [2.05, 4.69) is 5.32 Å². The number of carbonyl (C=O) groups is 2. The molecule has 25 heavy (non-hydrogen) atoms. The predicted molar refractivity (Wildman–Crippen MR) is 104 cm³/mol. The average Bonchev–Trinajstić information content (AvgIpc) is 2.66. The van der Waals surface area contributed by atoms with Crippen LogP contribution >= 0.6 is 11.8 Å². The molecule has 2 amide bonds. The lowest BCUT2D eigenvalue weighted by Gasteiger charge is -2.15. The lowest BCUT2D eigenvalue weighted by Crippen LogP contribution is -2.24. The summed E-state index contributed by atoms with van der Waals surface area (Å²) in [5, 5.41) is 2.59. The fourth-order valence-corrected chi connectivity index (χ4v) is 2.68. The first-order valence-corrected chi connectivity index (χ1v) is 9.14. The maximum absolute atomic E-state index is 12.2. The Bertz CT molecular complexity index is 752. The molecule has 0 atom stereocenters. The van der Waals surface area contributed by atoms with Crippen LogP contribution in [0.5, 0.6) is 0 Å². The summed E-state index contributed by atoms with van der Waals surface area (Å²) in [6.45, 7) is 0.489. The van der Waals surface area contributed by atoms with Gasteiger partial charge in [0.2, 0.25) is 5.91 Å². The van der Waals surface area contributed by atoms with Gasteiger partial charge < -0.3 is 10.2 Å². The molecule has 5 heteroatoms. The van der Waals surface area contributed by atoms with E-state index in [-0.39, 0.29) is 11.8 Å². The van der Waals surface area contributed by atoms with E-state index in [0.717, 1.165) is 11.1 Å². The first kappa shape index (κ1) is 18.8. The molecule has 0 spiro atoms. The van der Waals surface area contributed by atoms with E-state index in [1.54, 1.807) is 49.0 Å². The summed E-state index contributed by atoms with van der Waals surface area (Å²) in [5.74, 6) is -0.185. The van der Waals surface area contributed by atoms with Crippen LogP contribution in [0.1, 0.15) is 21.5 Å². The molecule has 2 aromatic carbocycles. The Balaban J connectivity index is 1.95. The quantitative estimate of drug-likeness (QED) is 0.639. The molecule has 2 aromatic rings. The second-order valence-corrected chi connectivity index (χ2v) is 6.46. The van der Waals surface area contributed by atoms with Gasteiger partial charge in [0.05, 0.1) is 0 Å². The van der Waals surface area contributed by atoms with Crippen molar-refractivity contribution in [3.05, 3.63) is 71.3 Å². The van der Waals surface area contributed by atoms with Crippen molar-refractivity contribution in [2.24, 2.45) is 0 Å². The molecular weight excluding hydrogens is 332 g/mol. The number of rotatable bonds is 6. The fraction of sp³-hybridized carbons (Fsp3) is 0.200. The number of amides is 2. The molecule has 0 aliphatic rings. The Labute approximate surface area is 152 Å². The van der Waals surface area contributed by atoms with E-state index >= 15 is 0 Å². The molecule has 0 fully saturated rings. The summed E-state index contributed by atoms with van der Waals surface area (Å²) in [6.07, 6.45) is 5.43. The van der Waals surface area contributed by atoms with Crippen LogP contribution in [0.15, 0.2) is 59.5 Å². The number of benzene rings is 2. The molecule has 2 rings (SSSR count). The minimum absolute atomic E-state index is 0.0654. The SMILES string of the molecule is CNC(=O)c1ccc(CN(C)C(=O)/C=C/c2ccc(SC)cc2)cc1. The second-order valence-electron chi connectivity index (χ2n) is 5.58. The van der Waals surface area contributed by atoms with Crippen molar-refractivity contribution in [1.82, 2.24) is 10.2 Å². The predicted octanol–water partition coefficient (Wildman–Crippen LogP) is 3.44. The van der Waals surface area contributed by atoms with E-state index in [4.69, 9.17) is 0 Å². The van der Waals surface area contributed by atoms with E-state index in [0.29, 0.717) is 12.1 Å². The monoisotopic (exact) mass is 354 g/mol. The number of hydrogen-bond donors (Lipinski definition) is 1. The topological polar surface area (TPSA) is 49.4 Å². The number of hydrogen-bond acceptors (Lipinski definition) is 3. The van der Waals surface area contributed by atoms with Gasteiger partial charge in [-0.15, -0.1) is 11.8 Å². The van der Waals surface area contributed by atoms with Crippen LogP contribution in [0.25, 0.3) is 6.08 Å². The molecule has 0 unspecified atom stereocenters. The molecule has 0 radical (unpaired) electrons. The van der Waals surface area contributed by atoms with Gasteiger partial charge >= 0.3 is 0 Å². The smallest absolute Gasteiger partial charge is 0.251 e. The highest BCUT2D eigenvalue weighted by Crippen LogP contribution is 2.15. The average molecular weight is 354 g/mol. The largest absolute Gasteiger partial charge is 0.355 e. The molecule has 4 nitrogen and oxygen atoms in total. The van der Waals surface area contributed by atoms with Gasteiger partial charge in [0.15, 0.2) is 0 Å². The van der Waals surface area contributed by atoms with E-state index < -0.39 is 0 Å². The highest BCUT2D eigenvalue weighted by atomic mass is 32.2. The van der Waals surface area contributed by atoms with Crippen LogP contribution in [0.3, 0.4) is 0 Å². The van der Waals surface area contributed by atoms with Gasteiger partial charge in [0.1, 0.15) is 0 Å². The molecule has 0 saturated heterocycles. The highest BCUT2D eigenvalue weighted by Gasteiger charge is 2.07. The van der Waals surface area contributed by atoms with Gasteiger partial charge in [0.25, 0.3) is 5.91 Å². The summed E-state index contributed by atoms with van der Waals surface area (Å²) in [4.78, 5) is 26.6. The van der Waals surface area contributed by atoms with Crippen molar-refractivity contribution in [3.63, 3.8) is 0 Å². The van der Waals surface area contributed by atoms with Crippen molar-refractivity contribution in [2.45, 2.75) is 11.4 Å². The number of likely N-dealkylation sites (N-methyl/N-ethyl adjacent to an activating group) is 1. The molecule has 0 bridgehead atoms. The molecule has 0 heterocycles. The van der Waals surface area contributed by atoms with Crippen LogP contribution < -0.4 is 5.32 Å². The van der Waals surface area contributed by atoms with Crippen molar-refractivity contribution in [2.75, 3.05) is 20.4 Å². The molecular formula is C20H22N2O2S. The zero-order chi connectivity index (χ0) is 18.2. The van der Waals surface area contributed by atoms with Crippen molar-refractivity contribution in [3.8, 4) is 0 Å². The maximum Gasteiger partial charge on any atom is 0.251 e. The minimum atomic E-state index is -0.119. The van der Waals surface area contributed by atoms with E-state index in [1.165, 1.54) is 4.90 Å². The van der Waals surface area contributed by atoms with Gasteiger partial charge in [-0.3, -0.25) is 9.59 Å². The van der Waals surface area contributed by atoms with Gasteiger partial charge in [0, 0.05) is 37.2 Å². The van der Waals surface area contributed by atoms with Gasteiger partial charge in [-0.25, -0.2) is 0 Å². The normalized spacial score (nSPS) is 10.7. The molecule has 0 aliphatic heterocycles. The van der Waals surface area contributed by atoms with Gasteiger partial charge in [-0.2, -0.15) is 0 Å². The summed E-state index contributed by atoms with van der Waals surface area (Å²) in [7, 11) is 3.36. The van der Waals surface area contributed by atoms with E-state index in [9.17, 15) is 9.59 Å². The zero-order valence-corrected chi connectivity index (χ0v) is 15.5. The van der Waals surface area contributed by atoms with Crippen molar-refractivity contribution >= 4 is 29.7 Å². The van der Waals surface area contributed by atoms with Gasteiger partial charge in [-0.05, 0) is 47.7 Å². The van der Waals surface area contributed by atoms with Crippen LogP contribution in [-0.4, -0.2) is 37.1 Å². The lowest BCUT2D eigenvalue weighted by molar-refractivity contribution is -0.125. The van der Waals surface area contributed by atoms with Crippen LogP contribution in [0.4, 0.5) is 0 Å². The first-order chi connectivity index (χ1) is 12.0. The zero-order valence-electron chi connectivity index (χ0n) is 14.7. The van der Waals surface area contributed by atoms with Crippen molar-refractivity contribution in [1.29, 1.82) is 0 Å². The Morgan fingerprint density at radius 2 is 1.72 bits per heavy atom. The lowest BCUT2D eigenvalue weighted by atomic mass is 10.1. The van der Waals surface area contributed by atoms with Crippen molar-refractivity contribution < 1.29 is 9.59 Å². The highest BCUT2D eigenvalue weighted by molar-refractivity contribution is 7.98. The number of thioether (sulfide) groups is 1. The Hall–Kier alpha value is -2.53.